The highest BCUT2D eigenvalue weighted by molar-refractivity contribution is 8.18. The average Bonchev–Trinajstić information content (AvgIpc) is 3.81. The first-order chi connectivity index (χ1) is 28.4. The molecule has 12 heteroatoms. The van der Waals surface area contributed by atoms with Crippen LogP contribution in [0, 0.1) is 17.6 Å². The molecule has 2 aliphatic rings. The maximum Gasteiger partial charge on any atom is 0.290 e. The SMILES string of the molecule is CC(C)CN(Cc1ccccc1-c1ccccc1)[C@@H]1C[C@@H](CNC(=O)c2ccc(/C=C3\SC(=O)NC3=O)cc2)N(C(=O)c2ccccc2C(=O)c2ccc(F)cc2F)C1. The number of benzene rings is 5. The van der Waals surface area contributed by atoms with Crippen molar-refractivity contribution < 1.29 is 32.8 Å². The highest BCUT2D eigenvalue weighted by atomic mass is 32.2. The Kier molecular flexibility index (Phi) is 12.6. The Labute approximate surface area is 345 Å². The standard InChI is InChI=1S/C47H42F2N4O5S/c1-29(2)26-52(27-33-12-6-7-13-37(33)31-10-4-3-5-11-31)36-24-35(25-50-44(55)32-18-16-30(17-19-32)22-42-45(56)51-47(58)59-42)53(28-36)46(57)39-15-9-8-14-38(39)43(54)40-21-20-34(48)23-41(40)49/h3-23,29,35-36H,24-28H2,1-2H3,(H,50,55)(H,51,56,58)/b42-22-/t35-,36+/m0/s1. The number of amides is 4. The number of hydrogen-bond donors (Lipinski definition) is 2. The third-order valence-electron chi connectivity index (χ3n) is 10.4. The molecule has 5 aromatic carbocycles. The van der Waals surface area contributed by atoms with Crippen LogP contribution < -0.4 is 10.6 Å². The van der Waals surface area contributed by atoms with E-state index in [1.165, 1.54) is 12.1 Å². The number of thioether (sulfide) groups is 1. The molecule has 2 atom stereocenters. The van der Waals surface area contributed by atoms with E-state index in [2.05, 4.69) is 53.6 Å². The Morgan fingerprint density at radius 1 is 0.864 bits per heavy atom. The summed E-state index contributed by atoms with van der Waals surface area (Å²) in [5.41, 5.74) is 4.03. The third kappa shape index (κ3) is 9.56. The van der Waals surface area contributed by atoms with Crippen molar-refractivity contribution in [3.05, 3.63) is 171 Å². The summed E-state index contributed by atoms with van der Waals surface area (Å²) in [6, 6.07) is 33.3. The average molecular weight is 813 g/mol. The van der Waals surface area contributed by atoms with Crippen molar-refractivity contribution >= 4 is 46.6 Å². The number of imide groups is 1. The van der Waals surface area contributed by atoms with Gasteiger partial charge in [-0.2, -0.15) is 0 Å². The minimum absolute atomic E-state index is 0.0158. The van der Waals surface area contributed by atoms with Crippen LogP contribution in [-0.4, -0.2) is 70.3 Å². The quantitative estimate of drug-likeness (QED) is 0.0908. The molecule has 0 aliphatic carbocycles. The van der Waals surface area contributed by atoms with Crippen LogP contribution in [0.4, 0.5) is 13.6 Å². The summed E-state index contributed by atoms with van der Waals surface area (Å²) in [6.45, 7) is 6.01. The van der Waals surface area contributed by atoms with Crippen molar-refractivity contribution in [3.63, 3.8) is 0 Å². The van der Waals surface area contributed by atoms with Crippen molar-refractivity contribution in [1.82, 2.24) is 20.4 Å². The van der Waals surface area contributed by atoms with E-state index < -0.39 is 40.5 Å². The second kappa shape index (κ2) is 18.1. The monoisotopic (exact) mass is 812 g/mol. The predicted octanol–water partition coefficient (Wildman–Crippen LogP) is 8.36. The highest BCUT2D eigenvalue weighted by Gasteiger charge is 2.40. The smallest absolute Gasteiger partial charge is 0.290 e. The zero-order valence-electron chi connectivity index (χ0n) is 32.5. The fourth-order valence-electron chi connectivity index (χ4n) is 7.64. The van der Waals surface area contributed by atoms with Gasteiger partial charge in [-0.15, -0.1) is 0 Å². The van der Waals surface area contributed by atoms with Crippen LogP contribution in [0.15, 0.2) is 126 Å². The number of rotatable bonds is 13. The lowest BCUT2D eigenvalue weighted by molar-refractivity contribution is -0.115. The van der Waals surface area contributed by atoms with Gasteiger partial charge in [0.05, 0.1) is 22.1 Å². The fourth-order valence-corrected chi connectivity index (χ4v) is 8.33. The number of likely N-dealkylation sites (tertiary alicyclic amines) is 1. The first-order valence-corrected chi connectivity index (χ1v) is 20.2. The molecule has 0 unspecified atom stereocenters. The normalized spacial score (nSPS) is 17.2. The first kappa shape index (κ1) is 40.9. The Balaban J connectivity index is 1.17. The lowest BCUT2D eigenvalue weighted by Crippen LogP contribution is -2.44. The van der Waals surface area contributed by atoms with Crippen molar-refractivity contribution in [2.75, 3.05) is 19.6 Å². The van der Waals surface area contributed by atoms with Crippen LogP contribution in [0.2, 0.25) is 0 Å². The van der Waals surface area contributed by atoms with Gasteiger partial charge in [-0.3, -0.25) is 34.2 Å². The van der Waals surface area contributed by atoms with Crippen LogP contribution in [0.1, 0.15) is 68.0 Å². The Morgan fingerprint density at radius 2 is 1.56 bits per heavy atom. The summed E-state index contributed by atoms with van der Waals surface area (Å²) in [5.74, 6) is -3.61. The lowest BCUT2D eigenvalue weighted by atomic mass is 9.97. The zero-order valence-corrected chi connectivity index (χ0v) is 33.3. The molecule has 2 saturated heterocycles. The first-order valence-electron chi connectivity index (χ1n) is 19.4. The van der Waals surface area contributed by atoms with E-state index in [1.54, 1.807) is 47.4 Å². The Hall–Kier alpha value is -6.24. The van der Waals surface area contributed by atoms with Crippen molar-refractivity contribution in [1.29, 1.82) is 0 Å². The molecule has 0 saturated carbocycles. The van der Waals surface area contributed by atoms with Crippen molar-refractivity contribution in [3.8, 4) is 11.1 Å². The van der Waals surface area contributed by atoms with Crippen molar-refractivity contribution in [2.24, 2.45) is 5.92 Å². The molecule has 5 aromatic rings. The molecular formula is C47H42F2N4O5S. The minimum Gasteiger partial charge on any atom is -0.350 e. The minimum atomic E-state index is -1.03. The van der Waals surface area contributed by atoms with E-state index in [0.29, 0.717) is 36.7 Å². The van der Waals surface area contributed by atoms with E-state index in [1.807, 2.05) is 30.3 Å². The molecule has 59 heavy (non-hydrogen) atoms. The van der Waals surface area contributed by atoms with Crippen molar-refractivity contribution in [2.45, 2.75) is 38.9 Å². The summed E-state index contributed by atoms with van der Waals surface area (Å²) in [7, 11) is 0. The second-order valence-corrected chi connectivity index (χ2v) is 16.0. The molecule has 0 radical (unpaired) electrons. The van der Waals surface area contributed by atoms with Gasteiger partial charge in [0, 0.05) is 49.4 Å². The van der Waals surface area contributed by atoms with E-state index in [-0.39, 0.29) is 46.0 Å². The summed E-state index contributed by atoms with van der Waals surface area (Å²) < 4.78 is 28.6. The third-order valence-corrected chi connectivity index (χ3v) is 11.2. The number of hydrogen-bond acceptors (Lipinski definition) is 7. The summed E-state index contributed by atoms with van der Waals surface area (Å²) >= 11 is 0.807. The van der Waals surface area contributed by atoms with Gasteiger partial charge in [0.1, 0.15) is 11.6 Å². The van der Waals surface area contributed by atoms with Crippen LogP contribution >= 0.6 is 11.8 Å². The predicted molar refractivity (Wildman–Crippen MR) is 224 cm³/mol. The lowest BCUT2D eigenvalue weighted by Gasteiger charge is -2.31. The van der Waals surface area contributed by atoms with E-state index >= 15 is 0 Å². The maximum atomic E-state index is 14.9. The van der Waals surface area contributed by atoms with E-state index in [4.69, 9.17) is 0 Å². The molecule has 2 aliphatic heterocycles. The van der Waals surface area contributed by atoms with Crippen LogP contribution in [0.25, 0.3) is 17.2 Å². The Morgan fingerprint density at radius 3 is 2.25 bits per heavy atom. The molecule has 4 amide bonds. The number of nitrogens with zero attached hydrogens (tertiary/aromatic N) is 2. The molecule has 300 valence electrons. The van der Waals surface area contributed by atoms with Crippen LogP contribution in [-0.2, 0) is 11.3 Å². The van der Waals surface area contributed by atoms with Gasteiger partial charge in [-0.1, -0.05) is 98.8 Å². The van der Waals surface area contributed by atoms with Gasteiger partial charge < -0.3 is 10.2 Å². The molecule has 2 heterocycles. The molecule has 0 aromatic heterocycles. The maximum absolute atomic E-state index is 14.9. The second-order valence-electron chi connectivity index (χ2n) is 15.0. The van der Waals surface area contributed by atoms with E-state index in [0.717, 1.165) is 47.1 Å². The molecule has 0 bridgehead atoms. The number of carbonyl (C=O) groups is 5. The fraction of sp³-hybridized carbons (Fsp3) is 0.213. The van der Waals surface area contributed by atoms with Gasteiger partial charge in [0.15, 0.2) is 5.78 Å². The van der Waals surface area contributed by atoms with Gasteiger partial charge in [0.2, 0.25) is 0 Å². The summed E-state index contributed by atoms with van der Waals surface area (Å²) in [5, 5.41) is 4.78. The van der Waals surface area contributed by atoms with Crippen LogP contribution in [0.3, 0.4) is 0 Å². The topological polar surface area (TPSA) is 116 Å². The van der Waals surface area contributed by atoms with Gasteiger partial charge in [0.25, 0.3) is 23.0 Å². The number of ketones is 1. The summed E-state index contributed by atoms with van der Waals surface area (Å²) in [6.07, 6.45) is 2.09. The van der Waals surface area contributed by atoms with Crippen LogP contribution in [0.5, 0.6) is 0 Å². The van der Waals surface area contributed by atoms with Gasteiger partial charge >= 0.3 is 0 Å². The zero-order chi connectivity index (χ0) is 41.6. The molecule has 9 nitrogen and oxygen atoms in total. The van der Waals surface area contributed by atoms with Gasteiger partial charge in [-0.25, -0.2) is 8.78 Å². The Bertz CT molecular complexity index is 2440. The molecular weight excluding hydrogens is 771 g/mol. The van der Waals surface area contributed by atoms with Gasteiger partial charge in [-0.05, 0) is 82.8 Å². The molecule has 7 rings (SSSR count). The summed E-state index contributed by atoms with van der Waals surface area (Å²) in [4.78, 5) is 69.9. The number of carbonyl (C=O) groups excluding carboxylic acids is 5. The number of halogens is 2. The molecule has 2 N–H and O–H groups in total. The van der Waals surface area contributed by atoms with E-state index in [9.17, 15) is 32.8 Å². The molecule has 0 spiro atoms. The molecule has 2 fully saturated rings. The largest absolute Gasteiger partial charge is 0.350 e. The highest BCUT2D eigenvalue weighted by Crippen LogP contribution is 2.31. The number of nitrogens with one attached hydrogen (secondary N) is 2.